The second-order valence-electron chi connectivity index (χ2n) is 5.14. The van der Waals surface area contributed by atoms with Gasteiger partial charge in [-0.05, 0) is 33.4 Å². The summed E-state index contributed by atoms with van der Waals surface area (Å²) in [5.41, 5.74) is 0. The molecule has 2 N–H and O–H groups in total. The van der Waals surface area contributed by atoms with Gasteiger partial charge in [-0.15, -0.1) is 0 Å². The van der Waals surface area contributed by atoms with Crippen molar-refractivity contribution in [3.8, 4) is 0 Å². The van der Waals surface area contributed by atoms with E-state index in [2.05, 4.69) is 10.2 Å². The maximum Gasteiger partial charge on any atom is 0.0900 e. The highest BCUT2D eigenvalue weighted by Crippen LogP contribution is 2.10. The average molecular weight is 260 g/mol. The summed E-state index contributed by atoms with van der Waals surface area (Å²) < 4.78 is 10.5. The van der Waals surface area contributed by atoms with Crippen molar-refractivity contribution < 1.29 is 14.6 Å². The summed E-state index contributed by atoms with van der Waals surface area (Å²) in [5.74, 6) is 0. The summed E-state index contributed by atoms with van der Waals surface area (Å²) in [6.07, 6.45) is 2.04. The van der Waals surface area contributed by atoms with Crippen molar-refractivity contribution in [3.63, 3.8) is 0 Å². The third-order valence-electron chi connectivity index (χ3n) is 3.36. The van der Waals surface area contributed by atoms with E-state index in [-0.39, 0.29) is 6.10 Å². The van der Waals surface area contributed by atoms with Crippen molar-refractivity contribution in [1.29, 1.82) is 0 Å². The summed E-state index contributed by atoms with van der Waals surface area (Å²) in [6, 6.07) is 0.555. The summed E-state index contributed by atoms with van der Waals surface area (Å²) in [6.45, 7) is 5.68. The first-order valence-electron chi connectivity index (χ1n) is 6.84. The molecule has 0 saturated carbocycles. The zero-order chi connectivity index (χ0) is 13.4. The van der Waals surface area contributed by atoms with Crippen LogP contribution >= 0.6 is 0 Å². The number of nitrogens with one attached hydrogen (secondary N) is 1. The van der Waals surface area contributed by atoms with Gasteiger partial charge in [0.2, 0.25) is 0 Å². The SMILES string of the molecule is CNC1CCCN(CC(O)COC(C)COC)C1. The largest absolute Gasteiger partial charge is 0.389 e. The summed E-state index contributed by atoms with van der Waals surface area (Å²) in [5, 5.41) is 13.3. The number of ether oxygens (including phenoxy) is 2. The van der Waals surface area contributed by atoms with Crippen LogP contribution in [0.3, 0.4) is 0 Å². The average Bonchev–Trinajstić information content (AvgIpc) is 2.37. The van der Waals surface area contributed by atoms with Crippen molar-refractivity contribution >= 4 is 0 Å². The van der Waals surface area contributed by atoms with Gasteiger partial charge in [0.1, 0.15) is 0 Å². The first-order chi connectivity index (χ1) is 8.65. The van der Waals surface area contributed by atoms with Crippen LogP contribution in [0.4, 0.5) is 0 Å². The topological polar surface area (TPSA) is 54.0 Å². The lowest BCUT2D eigenvalue weighted by Crippen LogP contribution is -2.47. The quantitative estimate of drug-likeness (QED) is 0.647. The molecule has 18 heavy (non-hydrogen) atoms. The van der Waals surface area contributed by atoms with Gasteiger partial charge in [0.05, 0.1) is 25.4 Å². The standard InChI is InChI=1S/C13H28N2O3/c1-11(9-17-3)18-10-13(16)8-15-6-4-5-12(7-15)14-2/h11-14,16H,4-10H2,1-3H3. The number of hydrogen-bond donors (Lipinski definition) is 2. The minimum Gasteiger partial charge on any atom is -0.389 e. The molecule has 108 valence electrons. The molecule has 0 aliphatic carbocycles. The summed E-state index contributed by atoms with van der Waals surface area (Å²) >= 11 is 0. The number of methoxy groups -OCH3 is 1. The Kier molecular flexibility index (Phi) is 7.77. The molecule has 0 bridgehead atoms. The van der Waals surface area contributed by atoms with E-state index in [0.29, 0.717) is 25.8 Å². The minimum absolute atomic E-state index is 0.0380. The Morgan fingerprint density at radius 3 is 2.89 bits per heavy atom. The van der Waals surface area contributed by atoms with Gasteiger partial charge < -0.3 is 19.9 Å². The smallest absolute Gasteiger partial charge is 0.0900 e. The van der Waals surface area contributed by atoms with Gasteiger partial charge in [0.15, 0.2) is 0 Å². The zero-order valence-electron chi connectivity index (χ0n) is 11.9. The Hall–Kier alpha value is -0.200. The number of likely N-dealkylation sites (N-methyl/N-ethyl adjacent to an activating group) is 1. The Morgan fingerprint density at radius 2 is 2.22 bits per heavy atom. The van der Waals surface area contributed by atoms with Crippen molar-refractivity contribution in [2.24, 2.45) is 0 Å². The molecule has 3 atom stereocenters. The number of aliphatic hydroxyl groups is 1. The molecule has 1 fully saturated rings. The first kappa shape index (κ1) is 15.9. The second-order valence-corrected chi connectivity index (χ2v) is 5.14. The van der Waals surface area contributed by atoms with Crippen LogP contribution in [0.5, 0.6) is 0 Å². The Balaban J connectivity index is 2.16. The normalized spacial score (nSPS) is 25.0. The molecule has 0 radical (unpaired) electrons. The van der Waals surface area contributed by atoms with E-state index in [1.54, 1.807) is 7.11 Å². The van der Waals surface area contributed by atoms with Crippen LogP contribution in [0, 0.1) is 0 Å². The molecule has 0 spiro atoms. The monoisotopic (exact) mass is 260 g/mol. The zero-order valence-corrected chi connectivity index (χ0v) is 11.9. The number of likely N-dealkylation sites (tertiary alicyclic amines) is 1. The number of piperidine rings is 1. The van der Waals surface area contributed by atoms with E-state index < -0.39 is 6.10 Å². The molecule has 5 nitrogen and oxygen atoms in total. The van der Waals surface area contributed by atoms with Crippen molar-refractivity contribution in [1.82, 2.24) is 10.2 Å². The molecule has 0 aromatic rings. The molecule has 5 heteroatoms. The molecule has 1 saturated heterocycles. The van der Waals surface area contributed by atoms with Gasteiger partial charge in [-0.2, -0.15) is 0 Å². The van der Waals surface area contributed by atoms with Crippen molar-refractivity contribution in [2.45, 2.75) is 38.0 Å². The number of hydrogen-bond acceptors (Lipinski definition) is 5. The van der Waals surface area contributed by atoms with Gasteiger partial charge in [-0.3, -0.25) is 4.90 Å². The van der Waals surface area contributed by atoms with Gasteiger partial charge in [0.25, 0.3) is 0 Å². The van der Waals surface area contributed by atoms with E-state index in [0.717, 1.165) is 13.1 Å². The van der Waals surface area contributed by atoms with E-state index >= 15 is 0 Å². The third kappa shape index (κ3) is 6.11. The van der Waals surface area contributed by atoms with Gasteiger partial charge in [-0.1, -0.05) is 0 Å². The second kappa shape index (κ2) is 8.82. The fourth-order valence-corrected chi connectivity index (χ4v) is 2.37. The Bertz CT molecular complexity index is 216. The minimum atomic E-state index is -0.417. The highest BCUT2D eigenvalue weighted by Gasteiger charge is 2.20. The lowest BCUT2D eigenvalue weighted by molar-refractivity contribution is -0.0415. The van der Waals surface area contributed by atoms with Crippen LogP contribution in [-0.2, 0) is 9.47 Å². The van der Waals surface area contributed by atoms with Crippen molar-refractivity contribution in [3.05, 3.63) is 0 Å². The third-order valence-corrected chi connectivity index (χ3v) is 3.36. The maximum atomic E-state index is 9.95. The number of aliphatic hydroxyl groups excluding tert-OH is 1. The lowest BCUT2D eigenvalue weighted by atomic mass is 10.1. The lowest BCUT2D eigenvalue weighted by Gasteiger charge is -2.33. The molecule has 1 heterocycles. The predicted octanol–water partition coefficient (Wildman–Crippen LogP) is 0.0826. The van der Waals surface area contributed by atoms with E-state index in [4.69, 9.17) is 9.47 Å². The predicted molar refractivity (Wildman–Crippen MR) is 71.8 cm³/mol. The Labute approximate surface area is 110 Å². The van der Waals surface area contributed by atoms with E-state index in [9.17, 15) is 5.11 Å². The van der Waals surface area contributed by atoms with Crippen molar-refractivity contribution in [2.75, 3.05) is 47.0 Å². The maximum absolute atomic E-state index is 9.95. The number of rotatable bonds is 8. The van der Waals surface area contributed by atoms with Gasteiger partial charge in [0, 0.05) is 26.2 Å². The molecule has 3 unspecified atom stereocenters. The first-order valence-corrected chi connectivity index (χ1v) is 6.84. The molecule has 0 amide bonds. The Morgan fingerprint density at radius 1 is 1.44 bits per heavy atom. The van der Waals surface area contributed by atoms with Gasteiger partial charge >= 0.3 is 0 Å². The molecule has 1 aliphatic heterocycles. The van der Waals surface area contributed by atoms with Crippen LogP contribution in [0.1, 0.15) is 19.8 Å². The molecule has 0 aromatic carbocycles. The van der Waals surface area contributed by atoms with Crippen LogP contribution in [0.2, 0.25) is 0 Å². The van der Waals surface area contributed by atoms with E-state index in [1.807, 2.05) is 14.0 Å². The molecule has 1 aliphatic rings. The summed E-state index contributed by atoms with van der Waals surface area (Å²) in [4.78, 5) is 2.31. The molecule has 1 rings (SSSR count). The van der Waals surface area contributed by atoms with Crippen LogP contribution < -0.4 is 5.32 Å². The van der Waals surface area contributed by atoms with Gasteiger partial charge in [-0.25, -0.2) is 0 Å². The number of nitrogens with zero attached hydrogens (tertiary/aromatic N) is 1. The summed E-state index contributed by atoms with van der Waals surface area (Å²) in [7, 11) is 3.65. The highest BCUT2D eigenvalue weighted by molar-refractivity contribution is 4.78. The van der Waals surface area contributed by atoms with E-state index in [1.165, 1.54) is 12.8 Å². The highest BCUT2D eigenvalue weighted by atomic mass is 16.5. The fourth-order valence-electron chi connectivity index (χ4n) is 2.37. The van der Waals surface area contributed by atoms with Crippen LogP contribution in [0.25, 0.3) is 0 Å². The van der Waals surface area contributed by atoms with Crippen LogP contribution in [-0.4, -0.2) is 75.3 Å². The number of β-amino-alcohol motifs (C(OH)–C–C–N with tert-alkyl or cyclic N) is 1. The molecule has 0 aromatic heterocycles. The fraction of sp³-hybridized carbons (Fsp3) is 1.00. The molecular formula is C13H28N2O3. The molecular weight excluding hydrogens is 232 g/mol. The van der Waals surface area contributed by atoms with Crippen LogP contribution in [0.15, 0.2) is 0 Å².